The van der Waals surface area contributed by atoms with Crippen LogP contribution in [-0.2, 0) is 0 Å². The Bertz CT molecular complexity index is 664. The minimum Gasteiger partial charge on any atom is -0.368 e. The Morgan fingerprint density at radius 3 is 2.58 bits per heavy atom. The van der Waals surface area contributed by atoms with Gasteiger partial charge >= 0.3 is 0 Å². The van der Waals surface area contributed by atoms with Crippen molar-refractivity contribution in [1.29, 1.82) is 0 Å². The minimum atomic E-state index is 0.301. The van der Waals surface area contributed by atoms with Gasteiger partial charge in [0.1, 0.15) is 5.82 Å². The van der Waals surface area contributed by atoms with E-state index in [0.29, 0.717) is 5.95 Å². The van der Waals surface area contributed by atoms with Gasteiger partial charge in [-0.05, 0) is 25.3 Å². The Morgan fingerprint density at radius 2 is 1.79 bits per heavy atom. The molecule has 0 aromatic carbocycles. The van der Waals surface area contributed by atoms with Crippen molar-refractivity contribution in [3.8, 4) is 5.82 Å². The van der Waals surface area contributed by atoms with Gasteiger partial charge in [-0.1, -0.05) is 12.8 Å². The van der Waals surface area contributed by atoms with Crippen LogP contribution in [0.15, 0.2) is 24.5 Å². The maximum Gasteiger partial charge on any atom is 0.224 e. The SMILES string of the molecule is Nc1nc(N2CCCN(C3CCCC3)CC2)cc(-n2cccn2)n1. The molecule has 2 fully saturated rings. The maximum atomic E-state index is 5.94. The van der Waals surface area contributed by atoms with Crippen molar-refractivity contribution >= 4 is 11.8 Å². The van der Waals surface area contributed by atoms with Crippen LogP contribution in [0.4, 0.5) is 11.8 Å². The Labute approximate surface area is 142 Å². The molecule has 1 aliphatic heterocycles. The molecule has 0 amide bonds. The highest BCUT2D eigenvalue weighted by Gasteiger charge is 2.25. The van der Waals surface area contributed by atoms with E-state index in [1.165, 1.54) is 32.2 Å². The Balaban J connectivity index is 1.51. The van der Waals surface area contributed by atoms with Gasteiger partial charge in [0.2, 0.25) is 5.95 Å². The van der Waals surface area contributed by atoms with Crippen LogP contribution in [0.5, 0.6) is 0 Å². The van der Waals surface area contributed by atoms with E-state index in [4.69, 9.17) is 5.73 Å². The van der Waals surface area contributed by atoms with Gasteiger partial charge in [-0.25, -0.2) is 4.68 Å². The summed E-state index contributed by atoms with van der Waals surface area (Å²) >= 11 is 0. The largest absolute Gasteiger partial charge is 0.368 e. The summed E-state index contributed by atoms with van der Waals surface area (Å²) in [5.41, 5.74) is 5.94. The molecule has 0 radical (unpaired) electrons. The fourth-order valence-electron chi connectivity index (χ4n) is 3.92. The molecular formula is C17H25N7. The van der Waals surface area contributed by atoms with Crippen LogP contribution in [0.25, 0.3) is 5.82 Å². The van der Waals surface area contributed by atoms with E-state index < -0.39 is 0 Å². The lowest BCUT2D eigenvalue weighted by molar-refractivity contribution is 0.213. The van der Waals surface area contributed by atoms with Gasteiger partial charge in [0, 0.05) is 50.7 Å². The summed E-state index contributed by atoms with van der Waals surface area (Å²) < 4.78 is 1.73. The van der Waals surface area contributed by atoms with Crippen LogP contribution in [-0.4, -0.2) is 56.9 Å². The first-order valence-corrected chi connectivity index (χ1v) is 8.93. The van der Waals surface area contributed by atoms with E-state index in [1.54, 1.807) is 10.9 Å². The maximum absolute atomic E-state index is 5.94. The Hall–Kier alpha value is -2.15. The lowest BCUT2D eigenvalue weighted by Crippen LogP contribution is -2.37. The highest BCUT2D eigenvalue weighted by atomic mass is 15.3. The molecule has 7 nitrogen and oxygen atoms in total. The first-order chi connectivity index (χ1) is 11.8. The number of nitrogens with two attached hydrogens (primary N) is 1. The van der Waals surface area contributed by atoms with Gasteiger partial charge in [-0.15, -0.1) is 0 Å². The van der Waals surface area contributed by atoms with E-state index in [-0.39, 0.29) is 0 Å². The van der Waals surface area contributed by atoms with Gasteiger partial charge in [0.25, 0.3) is 0 Å². The predicted octanol–water partition coefficient (Wildman–Crippen LogP) is 1.70. The van der Waals surface area contributed by atoms with Gasteiger partial charge in [0.15, 0.2) is 5.82 Å². The van der Waals surface area contributed by atoms with Crippen molar-refractivity contribution in [1.82, 2.24) is 24.6 Å². The van der Waals surface area contributed by atoms with Gasteiger partial charge in [-0.2, -0.15) is 15.1 Å². The third kappa shape index (κ3) is 3.21. The van der Waals surface area contributed by atoms with Crippen LogP contribution in [0.2, 0.25) is 0 Å². The number of rotatable bonds is 3. The normalized spacial score (nSPS) is 20.4. The van der Waals surface area contributed by atoms with Crippen molar-refractivity contribution in [3.05, 3.63) is 24.5 Å². The van der Waals surface area contributed by atoms with E-state index in [0.717, 1.165) is 43.7 Å². The number of anilines is 2. The fourth-order valence-corrected chi connectivity index (χ4v) is 3.92. The Morgan fingerprint density at radius 1 is 0.958 bits per heavy atom. The highest BCUT2D eigenvalue weighted by molar-refractivity contribution is 5.47. The highest BCUT2D eigenvalue weighted by Crippen LogP contribution is 2.25. The molecule has 24 heavy (non-hydrogen) atoms. The molecular weight excluding hydrogens is 302 g/mol. The molecule has 128 valence electrons. The summed E-state index contributed by atoms with van der Waals surface area (Å²) in [7, 11) is 0. The molecule has 1 saturated carbocycles. The summed E-state index contributed by atoms with van der Waals surface area (Å²) in [5, 5.41) is 4.24. The molecule has 4 rings (SSSR count). The average Bonchev–Trinajstić information content (AvgIpc) is 3.25. The van der Waals surface area contributed by atoms with E-state index in [2.05, 4.69) is 24.9 Å². The van der Waals surface area contributed by atoms with E-state index >= 15 is 0 Å². The summed E-state index contributed by atoms with van der Waals surface area (Å²) in [5.74, 6) is 1.93. The molecule has 0 atom stereocenters. The quantitative estimate of drug-likeness (QED) is 0.925. The first kappa shape index (κ1) is 15.4. The van der Waals surface area contributed by atoms with E-state index in [9.17, 15) is 0 Å². The number of aromatic nitrogens is 4. The van der Waals surface area contributed by atoms with Crippen LogP contribution in [0.1, 0.15) is 32.1 Å². The molecule has 1 aliphatic carbocycles. The predicted molar refractivity (Wildman–Crippen MR) is 94.2 cm³/mol. The number of hydrogen-bond donors (Lipinski definition) is 1. The fraction of sp³-hybridized carbons (Fsp3) is 0.588. The van der Waals surface area contributed by atoms with Crippen molar-refractivity contribution < 1.29 is 0 Å². The van der Waals surface area contributed by atoms with Crippen molar-refractivity contribution in [2.45, 2.75) is 38.1 Å². The number of nitrogens with zero attached hydrogens (tertiary/aromatic N) is 6. The zero-order chi connectivity index (χ0) is 16.4. The van der Waals surface area contributed by atoms with Gasteiger partial charge in [0.05, 0.1) is 0 Å². The third-order valence-corrected chi connectivity index (χ3v) is 5.15. The summed E-state index contributed by atoms with van der Waals surface area (Å²) in [6, 6.07) is 4.65. The van der Waals surface area contributed by atoms with E-state index in [1.807, 2.05) is 18.3 Å². The third-order valence-electron chi connectivity index (χ3n) is 5.15. The zero-order valence-corrected chi connectivity index (χ0v) is 14.0. The summed E-state index contributed by atoms with van der Waals surface area (Å²) in [4.78, 5) is 13.8. The standard InChI is InChI=1S/C17H25N7/c18-17-20-15(13-16(21-17)24-10-3-7-19-24)23-9-4-8-22(11-12-23)14-5-1-2-6-14/h3,7,10,13-14H,1-2,4-6,8-9,11-12H2,(H2,18,20,21). The molecule has 1 saturated heterocycles. The first-order valence-electron chi connectivity index (χ1n) is 8.93. The van der Waals surface area contributed by atoms with Gasteiger partial charge < -0.3 is 10.6 Å². The van der Waals surface area contributed by atoms with Crippen molar-refractivity contribution in [2.24, 2.45) is 0 Å². The lowest BCUT2D eigenvalue weighted by Gasteiger charge is -2.27. The lowest BCUT2D eigenvalue weighted by atomic mass is 10.2. The molecule has 2 aromatic rings. The summed E-state index contributed by atoms with van der Waals surface area (Å²) in [6.07, 6.45) is 10.3. The topological polar surface area (TPSA) is 76.1 Å². The smallest absolute Gasteiger partial charge is 0.224 e. The molecule has 0 unspecified atom stereocenters. The van der Waals surface area contributed by atoms with Crippen LogP contribution in [0.3, 0.4) is 0 Å². The number of hydrogen-bond acceptors (Lipinski definition) is 6. The molecule has 2 N–H and O–H groups in total. The molecule has 0 bridgehead atoms. The Kier molecular flexibility index (Phi) is 4.34. The second-order valence-electron chi connectivity index (χ2n) is 6.71. The second-order valence-corrected chi connectivity index (χ2v) is 6.71. The van der Waals surface area contributed by atoms with Crippen LogP contribution in [0, 0.1) is 0 Å². The molecule has 0 spiro atoms. The average molecular weight is 327 g/mol. The second kappa shape index (κ2) is 6.76. The van der Waals surface area contributed by atoms with Crippen LogP contribution < -0.4 is 10.6 Å². The molecule has 7 heteroatoms. The molecule has 2 aromatic heterocycles. The molecule has 3 heterocycles. The van der Waals surface area contributed by atoms with Crippen molar-refractivity contribution in [2.75, 3.05) is 36.8 Å². The van der Waals surface area contributed by atoms with Crippen LogP contribution >= 0.6 is 0 Å². The van der Waals surface area contributed by atoms with Crippen molar-refractivity contribution in [3.63, 3.8) is 0 Å². The zero-order valence-electron chi connectivity index (χ0n) is 14.0. The molecule has 2 aliphatic rings. The van der Waals surface area contributed by atoms with Gasteiger partial charge in [-0.3, -0.25) is 4.90 Å². The monoisotopic (exact) mass is 327 g/mol. The number of nitrogen functional groups attached to an aromatic ring is 1. The summed E-state index contributed by atoms with van der Waals surface area (Å²) in [6.45, 7) is 4.29. The minimum absolute atomic E-state index is 0.301.